The second-order valence-corrected chi connectivity index (χ2v) is 6.11. The van der Waals surface area contributed by atoms with Gasteiger partial charge in [0.05, 0.1) is 5.51 Å². The molecule has 15 heavy (non-hydrogen) atoms. The summed E-state index contributed by atoms with van der Waals surface area (Å²) in [5, 5.41) is 3.62. The lowest BCUT2D eigenvalue weighted by Crippen LogP contribution is -2.34. The Balaban J connectivity index is 1.96. The maximum atomic E-state index is 4.14. The molecule has 3 heteroatoms. The molecule has 1 aliphatic rings. The Morgan fingerprint density at radius 3 is 2.87 bits per heavy atom. The fraction of sp³-hybridized carbons (Fsp3) is 0.750. The van der Waals surface area contributed by atoms with Crippen LogP contribution in [0, 0.1) is 11.3 Å². The van der Waals surface area contributed by atoms with E-state index in [1.165, 1.54) is 11.3 Å². The molecule has 1 saturated carbocycles. The molecule has 1 heterocycles. The van der Waals surface area contributed by atoms with E-state index in [2.05, 4.69) is 31.1 Å². The molecule has 2 nitrogen and oxygen atoms in total. The largest absolute Gasteiger partial charge is 0.314 e. The summed E-state index contributed by atoms with van der Waals surface area (Å²) < 4.78 is 0. The maximum Gasteiger partial charge on any atom is 0.0794 e. The summed E-state index contributed by atoms with van der Waals surface area (Å²) >= 11 is 1.77. The van der Waals surface area contributed by atoms with E-state index in [4.69, 9.17) is 0 Å². The number of likely N-dealkylation sites (N-methyl/N-ethyl adjacent to an activating group) is 1. The normalized spacial score (nSPS) is 25.1. The highest BCUT2D eigenvalue weighted by Crippen LogP contribution is 2.54. The van der Waals surface area contributed by atoms with Crippen LogP contribution in [0.2, 0.25) is 0 Å². The molecule has 0 spiro atoms. The highest BCUT2D eigenvalue weighted by Gasteiger charge is 2.49. The van der Waals surface area contributed by atoms with E-state index in [-0.39, 0.29) is 0 Å². The van der Waals surface area contributed by atoms with Gasteiger partial charge in [0.1, 0.15) is 0 Å². The van der Waals surface area contributed by atoms with Crippen molar-refractivity contribution < 1.29 is 0 Å². The summed E-state index contributed by atoms with van der Waals surface area (Å²) in [5.74, 6) is 0.847. The molecule has 0 amide bonds. The first-order valence-electron chi connectivity index (χ1n) is 5.74. The third-order valence-corrected chi connectivity index (χ3v) is 4.25. The van der Waals surface area contributed by atoms with Gasteiger partial charge >= 0.3 is 0 Å². The molecule has 0 bridgehead atoms. The molecule has 84 valence electrons. The number of thiazole rings is 1. The van der Waals surface area contributed by atoms with Crippen LogP contribution in [0.1, 0.15) is 32.1 Å². The minimum atomic E-state index is 0.553. The van der Waals surface area contributed by atoms with E-state index in [9.17, 15) is 0 Å². The van der Waals surface area contributed by atoms with Crippen molar-refractivity contribution in [2.45, 2.75) is 39.7 Å². The molecule has 2 rings (SSSR count). The molecule has 0 aromatic carbocycles. The lowest BCUT2D eigenvalue weighted by Gasteiger charge is -2.18. The predicted octanol–water partition coefficient (Wildman–Crippen LogP) is 2.71. The Hall–Kier alpha value is -0.410. The first-order chi connectivity index (χ1) is 7.13. The molecular weight excluding hydrogens is 204 g/mol. The zero-order valence-corrected chi connectivity index (χ0v) is 10.6. The minimum absolute atomic E-state index is 0.553. The van der Waals surface area contributed by atoms with Gasteiger partial charge in [0.25, 0.3) is 0 Å². The van der Waals surface area contributed by atoms with Gasteiger partial charge in [-0.25, -0.2) is 0 Å². The van der Waals surface area contributed by atoms with E-state index in [0.29, 0.717) is 11.5 Å². The topological polar surface area (TPSA) is 24.9 Å². The van der Waals surface area contributed by atoms with Crippen LogP contribution >= 0.6 is 11.3 Å². The standard InChI is InChI=1S/C12H20N2S/c1-4-14-11(10-6-12(10,2)3)5-9-7-13-8-15-9/h7-8,10-11,14H,4-6H2,1-3H3. The predicted molar refractivity (Wildman–Crippen MR) is 65.2 cm³/mol. The Kier molecular flexibility index (Phi) is 3.12. The highest BCUT2D eigenvalue weighted by atomic mass is 32.1. The van der Waals surface area contributed by atoms with Crippen LogP contribution in [0.15, 0.2) is 11.7 Å². The van der Waals surface area contributed by atoms with Crippen LogP contribution in [0.3, 0.4) is 0 Å². The van der Waals surface area contributed by atoms with Crippen LogP contribution < -0.4 is 5.32 Å². The zero-order chi connectivity index (χ0) is 10.9. The number of hydrogen-bond acceptors (Lipinski definition) is 3. The van der Waals surface area contributed by atoms with Crippen LogP contribution in [0.4, 0.5) is 0 Å². The summed E-state index contributed by atoms with van der Waals surface area (Å²) in [6.07, 6.45) is 4.51. The van der Waals surface area contributed by atoms with Gasteiger partial charge in [0, 0.05) is 17.1 Å². The monoisotopic (exact) mass is 224 g/mol. The number of nitrogens with zero attached hydrogens (tertiary/aromatic N) is 1. The van der Waals surface area contributed by atoms with E-state index in [1.54, 1.807) is 11.3 Å². The molecule has 0 aliphatic heterocycles. The second-order valence-electron chi connectivity index (χ2n) is 5.14. The average molecular weight is 224 g/mol. The fourth-order valence-corrected chi connectivity index (χ4v) is 3.03. The van der Waals surface area contributed by atoms with E-state index in [1.807, 2.05) is 11.7 Å². The fourth-order valence-electron chi connectivity index (χ4n) is 2.37. The second kappa shape index (κ2) is 4.22. The number of rotatable bonds is 5. The number of nitrogens with one attached hydrogen (secondary N) is 1. The van der Waals surface area contributed by atoms with Gasteiger partial charge in [0.2, 0.25) is 0 Å². The quantitative estimate of drug-likeness (QED) is 0.832. The van der Waals surface area contributed by atoms with Crippen molar-refractivity contribution in [3.63, 3.8) is 0 Å². The lowest BCUT2D eigenvalue weighted by molar-refractivity contribution is 0.411. The van der Waals surface area contributed by atoms with Crippen LogP contribution in [0.5, 0.6) is 0 Å². The first-order valence-corrected chi connectivity index (χ1v) is 6.62. The molecule has 0 saturated heterocycles. The zero-order valence-electron chi connectivity index (χ0n) is 9.79. The van der Waals surface area contributed by atoms with Gasteiger partial charge < -0.3 is 5.32 Å². The molecule has 0 radical (unpaired) electrons. The average Bonchev–Trinajstić information content (AvgIpc) is 2.65. The van der Waals surface area contributed by atoms with E-state index in [0.717, 1.165) is 18.9 Å². The van der Waals surface area contributed by atoms with Gasteiger partial charge in [-0.05, 0) is 30.7 Å². The summed E-state index contributed by atoms with van der Waals surface area (Å²) in [4.78, 5) is 5.55. The van der Waals surface area contributed by atoms with Gasteiger partial charge in [-0.1, -0.05) is 20.8 Å². The summed E-state index contributed by atoms with van der Waals surface area (Å²) in [6, 6.07) is 0.644. The molecule has 1 aliphatic carbocycles. The SMILES string of the molecule is CCNC(Cc1cncs1)C1CC1(C)C. The highest BCUT2D eigenvalue weighted by molar-refractivity contribution is 7.09. The summed E-state index contributed by atoms with van der Waals surface area (Å²) in [5.41, 5.74) is 2.48. The molecule has 1 N–H and O–H groups in total. The Morgan fingerprint density at radius 1 is 1.67 bits per heavy atom. The van der Waals surface area contributed by atoms with Crippen molar-refractivity contribution in [3.05, 3.63) is 16.6 Å². The van der Waals surface area contributed by atoms with Gasteiger partial charge in [0.15, 0.2) is 0 Å². The first kappa shape index (κ1) is 11.1. The molecule has 1 fully saturated rings. The van der Waals surface area contributed by atoms with E-state index >= 15 is 0 Å². The molecule has 1 aromatic heterocycles. The Bertz CT molecular complexity index is 305. The van der Waals surface area contributed by atoms with Crippen molar-refractivity contribution in [2.24, 2.45) is 11.3 Å². The molecular formula is C12H20N2S. The van der Waals surface area contributed by atoms with Crippen LogP contribution in [-0.4, -0.2) is 17.6 Å². The minimum Gasteiger partial charge on any atom is -0.314 e. The Labute approximate surface area is 96.1 Å². The number of hydrogen-bond donors (Lipinski definition) is 1. The van der Waals surface area contributed by atoms with Crippen molar-refractivity contribution in [1.29, 1.82) is 0 Å². The van der Waals surface area contributed by atoms with Crippen molar-refractivity contribution in [1.82, 2.24) is 10.3 Å². The smallest absolute Gasteiger partial charge is 0.0794 e. The molecule has 2 atom stereocenters. The van der Waals surface area contributed by atoms with Gasteiger partial charge in [-0.15, -0.1) is 11.3 Å². The van der Waals surface area contributed by atoms with Crippen molar-refractivity contribution in [2.75, 3.05) is 6.54 Å². The van der Waals surface area contributed by atoms with Crippen LogP contribution in [-0.2, 0) is 6.42 Å². The summed E-state index contributed by atoms with van der Waals surface area (Å²) in [6.45, 7) is 7.99. The van der Waals surface area contributed by atoms with E-state index < -0.39 is 0 Å². The summed E-state index contributed by atoms with van der Waals surface area (Å²) in [7, 11) is 0. The van der Waals surface area contributed by atoms with Gasteiger partial charge in [-0.2, -0.15) is 0 Å². The van der Waals surface area contributed by atoms with Crippen LogP contribution in [0.25, 0.3) is 0 Å². The third-order valence-electron chi connectivity index (χ3n) is 3.45. The molecule has 2 unspecified atom stereocenters. The number of aromatic nitrogens is 1. The third kappa shape index (κ3) is 2.58. The molecule has 1 aromatic rings. The maximum absolute atomic E-state index is 4.14. The van der Waals surface area contributed by atoms with Crippen molar-refractivity contribution in [3.8, 4) is 0 Å². The van der Waals surface area contributed by atoms with Gasteiger partial charge in [-0.3, -0.25) is 4.98 Å². The van der Waals surface area contributed by atoms with Crippen molar-refractivity contribution >= 4 is 11.3 Å². The Morgan fingerprint density at radius 2 is 2.40 bits per heavy atom. The lowest BCUT2D eigenvalue weighted by atomic mass is 10.0.